The first-order valence-corrected chi connectivity index (χ1v) is 6.25. The molecule has 1 heterocycles. The van der Waals surface area contributed by atoms with Crippen LogP contribution in [0.3, 0.4) is 0 Å². The van der Waals surface area contributed by atoms with E-state index in [1.807, 2.05) is 6.20 Å². The van der Waals surface area contributed by atoms with Crippen molar-refractivity contribution in [3.05, 3.63) is 18.0 Å². The lowest BCUT2D eigenvalue weighted by molar-refractivity contribution is 0.259. The monoisotopic (exact) mass is 223 g/mol. The maximum Gasteiger partial charge on any atom is 0.0558 e. The quantitative estimate of drug-likeness (QED) is 0.831. The summed E-state index contributed by atoms with van der Waals surface area (Å²) in [4.78, 5) is 0. The molecule has 1 unspecified atom stereocenters. The molecular weight excluding hydrogens is 198 g/mol. The van der Waals surface area contributed by atoms with Crippen LogP contribution in [0.4, 0.5) is 0 Å². The first-order valence-electron chi connectivity index (χ1n) is 6.25. The van der Waals surface area contributed by atoms with Crippen molar-refractivity contribution < 1.29 is 0 Å². The Kier molecular flexibility index (Phi) is 4.54. The predicted molar refractivity (Wildman–Crippen MR) is 68.4 cm³/mol. The van der Waals surface area contributed by atoms with Crippen LogP contribution in [0, 0.1) is 5.41 Å². The summed E-state index contributed by atoms with van der Waals surface area (Å²) in [5.41, 5.74) is 1.51. The number of hydrogen-bond acceptors (Lipinski definition) is 2. The SMILES string of the molecule is CCCNC(c1ccnn1CC)C(C)(C)C. The Morgan fingerprint density at radius 2 is 2.06 bits per heavy atom. The highest BCUT2D eigenvalue weighted by Crippen LogP contribution is 2.32. The van der Waals surface area contributed by atoms with Crippen molar-refractivity contribution in [1.82, 2.24) is 15.1 Å². The molecule has 92 valence electrons. The van der Waals surface area contributed by atoms with Crippen LogP contribution >= 0.6 is 0 Å². The Morgan fingerprint density at radius 3 is 2.56 bits per heavy atom. The second-order valence-electron chi connectivity index (χ2n) is 5.32. The number of rotatable bonds is 5. The summed E-state index contributed by atoms with van der Waals surface area (Å²) in [6, 6.07) is 2.50. The van der Waals surface area contributed by atoms with Crippen molar-refractivity contribution in [3.8, 4) is 0 Å². The first kappa shape index (κ1) is 13.2. The molecule has 0 fully saturated rings. The van der Waals surface area contributed by atoms with Gasteiger partial charge in [0.05, 0.1) is 11.7 Å². The van der Waals surface area contributed by atoms with Gasteiger partial charge in [-0.1, -0.05) is 27.7 Å². The summed E-state index contributed by atoms with van der Waals surface area (Å²) in [6.45, 7) is 13.1. The molecule has 0 aromatic carbocycles. The standard InChI is InChI=1S/C13H25N3/c1-6-9-14-12(13(3,4)5)11-8-10-15-16(11)7-2/h8,10,12,14H,6-7,9H2,1-5H3. The average Bonchev–Trinajstić information content (AvgIpc) is 2.64. The number of nitrogens with one attached hydrogen (secondary N) is 1. The second-order valence-corrected chi connectivity index (χ2v) is 5.32. The summed E-state index contributed by atoms with van der Waals surface area (Å²) < 4.78 is 2.08. The van der Waals surface area contributed by atoms with Gasteiger partial charge in [-0.05, 0) is 31.4 Å². The zero-order valence-electron chi connectivity index (χ0n) is 11.2. The molecule has 0 saturated carbocycles. The van der Waals surface area contributed by atoms with Gasteiger partial charge in [-0.25, -0.2) is 0 Å². The van der Waals surface area contributed by atoms with Crippen LogP contribution in [0.5, 0.6) is 0 Å². The lowest BCUT2D eigenvalue weighted by atomic mass is 9.84. The van der Waals surface area contributed by atoms with Crippen LogP contribution in [-0.2, 0) is 6.54 Å². The third-order valence-corrected chi connectivity index (χ3v) is 2.81. The Balaban J connectivity index is 2.92. The van der Waals surface area contributed by atoms with Gasteiger partial charge in [-0.15, -0.1) is 0 Å². The van der Waals surface area contributed by atoms with E-state index in [0.29, 0.717) is 6.04 Å². The number of hydrogen-bond donors (Lipinski definition) is 1. The molecule has 1 aromatic rings. The fourth-order valence-electron chi connectivity index (χ4n) is 2.00. The smallest absolute Gasteiger partial charge is 0.0558 e. The minimum absolute atomic E-state index is 0.210. The molecule has 3 nitrogen and oxygen atoms in total. The minimum Gasteiger partial charge on any atom is -0.308 e. The molecule has 0 amide bonds. The van der Waals surface area contributed by atoms with Gasteiger partial charge in [0.2, 0.25) is 0 Å². The zero-order valence-corrected chi connectivity index (χ0v) is 11.2. The van der Waals surface area contributed by atoms with Crippen LogP contribution in [0.1, 0.15) is 52.8 Å². The fourth-order valence-corrected chi connectivity index (χ4v) is 2.00. The van der Waals surface area contributed by atoms with Gasteiger partial charge in [0.15, 0.2) is 0 Å². The summed E-state index contributed by atoms with van der Waals surface area (Å²) in [5, 5.41) is 7.98. The highest BCUT2D eigenvalue weighted by Gasteiger charge is 2.27. The van der Waals surface area contributed by atoms with Crippen LogP contribution in [-0.4, -0.2) is 16.3 Å². The molecular formula is C13H25N3. The fraction of sp³-hybridized carbons (Fsp3) is 0.769. The minimum atomic E-state index is 0.210. The third-order valence-electron chi connectivity index (χ3n) is 2.81. The Bertz CT molecular complexity index is 309. The largest absolute Gasteiger partial charge is 0.308 e. The summed E-state index contributed by atoms with van der Waals surface area (Å²) in [7, 11) is 0. The van der Waals surface area contributed by atoms with Crippen molar-refractivity contribution >= 4 is 0 Å². The van der Waals surface area contributed by atoms with Crippen LogP contribution in [0.25, 0.3) is 0 Å². The van der Waals surface area contributed by atoms with Crippen LogP contribution < -0.4 is 5.32 Å². The van der Waals surface area contributed by atoms with E-state index in [1.165, 1.54) is 5.69 Å². The van der Waals surface area contributed by atoms with E-state index < -0.39 is 0 Å². The maximum absolute atomic E-state index is 4.35. The molecule has 0 aliphatic heterocycles. The van der Waals surface area contributed by atoms with Gasteiger partial charge in [0, 0.05) is 12.7 Å². The number of aryl methyl sites for hydroxylation is 1. The molecule has 0 saturated heterocycles. The van der Waals surface area contributed by atoms with E-state index in [-0.39, 0.29) is 5.41 Å². The highest BCUT2D eigenvalue weighted by molar-refractivity contribution is 5.10. The molecule has 1 atom stereocenters. The van der Waals surface area contributed by atoms with Crippen molar-refractivity contribution in [3.63, 3.8) is 0 Å². The lowest BCUT2D eigenvalue weighted by Crippen LogP contribution is -2.34. The van der Waals surface area contributed by atoms with Gasteiger partial charge in [0.25, 0.3) is 0 Å². The van der Waals surface area contributed by atoms with E-state index in [9.17, 15) is 0 Å². The van der Waals surface area contributed by atoms with Crippen molar-refractivity contribution in [2.75, 3.05) is 6.54 Å². The molecule has 16 heavy (non-hydrogen) atoms. The van der Waals surface area contributed by atoms with Gasteiger partial charge >= 0.3 is 0 Å². The van der Waals surface area contributed by atoms with Crippen molar-refractivity contribution in [1.29, 1.82) is 0 Å². The molecule has 0 bridgehead atoms. The average molecular weight is 223 g/mol. The van der Waals surface area contributed by atoms with Crippen molar-refractivity contribution in [2.45, 2.75) is 53.6 Å². The molecule has 0 aliphatic rings. The van der Waals surface area contributed by atoms with Gasteiger partial charge in [-0.3, -0.25) is 4.68 Å². The Labute approximate surface area is 99.2 Å². The second kappa shape index (κ2) is 5.48. The molecule has 0 spiro atoms. The van der Waals surface area contributed by atoms with E-state index in [4.69, 9.17) is 0 Å². The first-order chi connectivity index (χ1) is 7.50. The van der Waals surface area contributed by atoms with E-state index in [1.54, 1.807) is 0 Å². The molecule has 1 rings (SSSR count). The van der Waals surface area contributed by atoms with Crippen molar-refractivity contribution in [2.24, 2.45) is 5.41 Å². The summed E-state index contributed by atoms with van der Waals surface area (Å²) >= 11 is 0. The van der Waals surface area contributed by atoms with E-state index in [2.05, 4.69) is 55.8 Å². The van der Waals surface area contributed by atoms with Gasteiger partial charge < -0.3 is 5.32 Å². The Morgan fingerprint density at radius 1 is 1.38 bits per heavy atom. The molecule has 1 N–H and O–H groups in total. The van der Waals surface area contributed by atoms with Crippen LogP contribution in [0.2, 0.25) is 0 Å². The van der Waals surface area contributed by atoms with E-state index >= 15 is 0 Å². The normalized spacial score (nSPS) is 14.1. The molecule has 1 aromatic heterocycles. The van der Waals surface area contributed by atoms with Gasteiger partial charge in [0.1, 0.15) is 0 Å². The predicted octanol–water partition coefficient (Wildman–Crippen LogP) is 2.99. The summed E-state index contributed by atoms with van der Waals surface area (Å²) in [5.74, 6) is 0. The lowest BCUT2D eigenvalue weighted by Gasteiger charge is -2.32. The molecule has 3 heteroatoms. The highest BCUT2D eigenvalue weighted by atomic mass is 15.3. The zero-order chi connectivity index (χ0) is 12.2. The molecule has 0 radical (unpaired) electrons. The maximum atomic E-state index is 4.35. The topological polar surface area (TPSA) is 29.9 Å². The Hall–Kier alpha value is -0.830. The number of aromatic nitrogens is 2. The third kappa shape index (κ3) is 3.08. The van der Waals surface area contributed by atoms with Crippen LogP contribution in [0.15, 0.2) is 12.3 Å². The van der Waals surface area contributed by atoms with Gasteiger partial charge in [-0.2, -0.15) is 5.10 Å². The molecule has 0 aliphatic carbocycles. The van der Waals surface area contributed by atoms with E-state index in [0.717, 1.165) is 19.5 Å². The number of nitrogens with zero attached hydrogens (tertiary/aromatic N) is 2. The summed E-state index contributed by atoms with van der Waals surface area (Å²) in [6.07, 6.45) is 3.05.